The van der Waals surface area contributed by atoms with Gasteiger partial charge in [-0.3, -0.25) is 4.68 Å². The van der Waals surface area contributed by atoms with E-state index in [1.54, 1.807) is 18.1 Å². The highest BCUT2D eigenvalue weighted by Gasteiger charge is 2.13. The zero-order valence-electron chi connectivity index (χ0n) is 12.4. The molecule has 2 rings (SSSR count). The Kier molecular flexibility index (Phi) is 6.20. The first-order valence-electron chi connectivity index (χ1n) is 7.21. The van der Waals surface area contributed by atoms with Gasteiger partial charge in [-0.05, 0) is 37.7 Å². The molecule has 0 amide bonds. The van der Waals surface area contributed by atoms with E-state index in [0.717, 1.165) is 36.0 Å². The lowest BCUT2D eigenvalue weighted by Crippen LogP contribution is -2.34. The van der Waals surface area contributed by atoms with Crippen LogP contribution in [0.25, 0.3) is 0 Å². The van der Waals surface area contributed by atoms with Crippen LogP contribution >= 0.6 is 11.8 Å². The van der Waals surface area contributed by atoms with E-state index >= 15 is 0 Å². The molecule has 0 saturated heterocycles. The Bertz CT molecular complexity index is 541. The Balaban J connectivity index is 1.94. The van der Waals surface area contributed by atoms with Gasteiger partial charge in [-0.15, -0.1) is 11.8 Å². The molecule has 0 spiro atoms. The lowest BCUT2D eigenvalue weighted by molar-refractivity contribution is 0.527. The first-order valence-corrected chi connectivity index (χ1v) is 8.20. The van der Waals surface area contributed by atoms with Crippen molar-refractivity contribution in [1.82, 2.24) is 20.1 Å². The van der Waals surface area contributed by atoms with Crippen molar-refractivity contribution in [3.63, 3.8) is 0 Å². The van der Waals surface area contributed by atoms with Crippen LogP contribution in [0.3, 0.4) is 0 Å². The average Bonchev–Trinajstić information content (AvgIpc) is 2.94. The van der Waals surface area contributed by atoms with E-state index in [1.165, 1.54) is 12.1 Å². The van der Waals surface area contributed by atoms with Crippen LogP contribution in [-0.2, 0) is 13.0 Å². The fraction of sp³-hybridized carbons (Fsp3) is 0.467. The largest absolute Gasteiger partial charge is 0.313 e. The Morgan fingerprint density at radius 1 is 1.29 bits per heavy atom. The number of rotatable bonds is 8. The molecule has 2 aromatic rings. The van der Waals surface area contributed by atoms with E-state index in [9.17, 15) is 4.39 Å². The number of likely N-dealkylation sites (N-methyl/N-ethyl adjacent to an activating group) is 1. The lowest BCUT2D eigenvalue weighted by Gasteiger charge is -2.17. The van der Waals surface area contributed by atoms with Gasteiger partial charge in [-0.1, -0.05) is 6.92 Å². The molecule has 0 saturated carbocycles. The molecule has 1 N–H and O–H groups in total. The van der Waals surface area contributed by atoms with Crippen molar-refractivity contribution in [3.8, 4) is 0 Å². The normalized spacial score (nSPS) is 12.5. The maximum Gasteiger partial charge on any atom is 0.138 e. The Morgan fingerprint density at radius 2 is 2.05 bits per heavy atom. The monoisotopic (exact) mass is 308 g/mol. The van der Waals surface area contributed by atoms with Gasteiger partial charge in [0.2, 0.25) is 0 Å². The summed E-state index contributed by atoms with van der Waals surface area (Å²) in [6.07, 6.45) is 2.45. The number of hydrogen-bond acceptors (Lipinski definition) is 4. The highest BCUT2D eigenvalue weighted by molar-refractivity contribution is 7.99. The summed E-state index contributed by atoms with van der Waals surface area (Å²) in [5.74, 6) is 1.72. The van der Waals surface area contributed by atoms with Crippen LogP contribution in [0.4, 0.5) is 4.39 Å². The van der Waals surface area contributed by atoms with Gasteiger partial charge in [0.25, 0.3) is 0 Å². The maximum atomic E-state index is 12.9. The molecule has 21 heavy (non-hydrogen) atoms. The molecule has 0 aliphatic heterocycles. The molecule has 6 heteroatoms. The molecule has 0 aliphatic rings. The number of hydrogen-bond donors (Lipinski definition) is 1. The molecule has 1 heterocycles. The summed E-state index contributed by atoms with van der Waals surface area (Å²) < 4.78 is 14.8. The number of nitrogens with one attached hydrogen (secondary N) is 1. The van der Waals surface area contributed by atoms with E-state index in [-0.39, 0.29) is 5.82 Å². The summed E-state index contributed by atoms with van der Waals surface area (Å²) in [4.78, 5) is 5.41. The van der Waals surface area contributed by atoms with Gasteiger partial charge >= 0.3 is 0 Å². The minimum atomic E-state index is -0.196. The molecule has 1 atom stereocenters. The van der Waals surface area contributed by atoms with Crippen LogP contribution in [0.15, 0.2) is 35.5 Å². The zero-order chi connectivity index (χ0) is 15.1. The van der Waals surface area contributed by atoms with E-state index < -0.39 is 0 Å². The van der Waals surface area contributed by atoms with Crippen LogP contribution in [-0.4, -0.2) is 33.1 Å². The van der Waals surface area contributed by atoms with E-state index in [2.05, 4.69) is 29.2 Å². The fourth-order valence-electron chi connectivity index (χ4n) is 2.14. The Hall–Kier alpha value is -1.40. The third kappa shape index (κ3) is 4.82. The van der Waals surface area contributed by atoms with Gasteiger partial charge in [0.1, 0.15) is 18.0 Å². The summed E-state index contributed by atoms with van der Waals surface area (Å²) in [7, 11) is 0. The summed E-state index contributed by atoms with van der Waals surface area (Å²) in [6.45, 7) is 5.90. The van der Waals surface area contributed by atoms with Crippen molar-refractivity contribution >= 4 is 11.8 Å². The van der Waals surface area contributed by atoms with Crippen LogP contribution in [0.5, 0.6) is 0 Å². The third-order valence-electron chi connectivity index (χ3n) is 3.18. The Labute approximate surface area is 129 Å². The molecular weight excluding hydrogens is 287 g/mol. The van der Waals surface area contributed by atoms with Gasteiger partial charge < -0.3 is 5.32 Å². The fourth-order valence-corrected chi connectivity index (χ4v) is 3.09. The second-order valence-electron chi connectivity index (χ2n) is 4.72. The van der Waals surface area contributed by atoms with Crippen molar-refractivity contribution in [3.05, 3.63) is 42.2 Å². The summed E-state index contributed by atoms with van der Waals surface area (Å²) in [5, 5.41) is 7.68. The molecule has 0 bridgehead atoms. The lowest BCUT2D eigenvalue weighted by atomic mass is 10.2. The smallest absolute Gasteiger partial charge is 0.138 e. The van der Waals surface area contributed by atoms with Crippen LogP contribution < -0.4 is 5.32 Å². The SMILES string of the molecule is CCNC(CSc1ccc(F)cc1)Cc1ncnn1CC. The van der Waals surface area contributed by atoms with E-state index in [1.807, 2.05) is 16.8 Å². The molecule has 0 fully saturated rings. The minimum Gasteiger partial charge on any atom is -0.313 e. The number of aromatic nitrogens is 3. The number of aryl methyl sites for hydroxylation is 1. The quantitative estimate of drug-likeness (QED) is 0.762. The third-order valence-corrected chi connectivity index (χ3v) is 4.36. The van der Waals surface area contributed by atoms with Gasteiger partial charge in [-0.25, -0.2) is 9.37 Å². The van der Waals surface area contributed by atoms with E-state index in [0.29, 0.717) is 6.04 Å². The second-order valence-corrected chi connectivity index (χ2v) is 5.81. The molecular formula is C15H21FN4S. The Morgan fingerprint density at radius 3 is 2.71 bits per heavy atom. The number of thioether (sulfide) groups is 1. The van der Waals surface area contributed by atoms with Gasteiger partial charge in [-0.2, -0.15) is 5.10 Å². The van der Waals surface area contributed by atoms with Crippen molar-refractivity contribution in [1.29, 1.82) is 0 Å². The highest BCUT2D eigenvalue weighted by Crippen LogP contribution is 2.20. The van der Waals surface area contributed by atoms with Gasteiger partial charge in [0.15, 0.2) is 0 Å². The summed E-state index contributed by atoms with van der Waals surface area (Å²) in [5.41, 5.74) is 0. The molecule has 1 aromatic heterocycles. The molecule has 1 aromatic carbocycles. The zero-order valence-corrected chi connectivity index (χ0v) is 13.2. The standard InChI is InChI=1S/C15H21FN4S/c1-3-17-13(9-15-18-11-19-20(15)4-2)10-21-14-7-5-12(16)6-8-14/h5-8,11,13,17H,3-4,9-10H2,1-2H3. The summed E-state index contributed by atoms with van der Waals surface area (Å²) in [6, 6.07) is 6.95. The molecule has 0 aliphatic carbocycles. The second kappa shape index (κ2) is 8.14. The molecule has 1 unspecified atom stereocenters. The van der Waals surface area contributed by atoms with Gasteiger partial charge in [0.05, 0.1) is 0 Å². The number of halogens is 1. The maximum absolute atomic E-state index is 12.9. The highest BCUT2D eigenvalue weighted by atomic mass is 32.2. The summed E-state index contributed by atoms with van der Waals surface area (Å²) >= 11 is 1.73. The van der Waals surface area contributed by atoms with Crippen molar-refractivity contribution in [2.24, 2.45) is 0 Å². The average molecular weight is 308 g/mol. The molecule has 114 valence electrons. The molecule has 4 nitrogen and oxygen atoms in total. The minimum absolute atomic E-state index is 0.196. The predicted molar refractivity (Wildman–Crippen MR) is 84.0 cm³/mol. The topological polar surface area (TPSA) is 42.7 Å². The molecule has 0 radical (unpaired) electrons. The van der Waals surface area contributed by atoms with Crippen LogP contribution in [0.2, 0.25) is 0 Å². The van der Waals surface area contributed by atoms with Crippen LogP contribution in [0.1, 0.15) is 19.7 Å². The number of nitrogens with zero attached hydrogens (tertiary/aromatic N) is 3. The van der Waals surface area contributed by atoms with Crippen molar-refractivity contribution in [2.75, 3.05) is 12.3 Å². The van der Waals surface area contributed by atoms with Crippen molar-refractivity contribution in [2.45, 2.75) is 37.8 Å². The van der Waals surface area contributed by atoms with E-state index in [4.69, 9.17) is 0 Å². The van der Waals surface area contributed by atoms with Crippen molar-refractivity contribution < 1.29 is 4.39 Å². The number of benzene rings is 1. The van der Waals surface area contributed by atoms with Gasteiger partial charge in [0, 0.05) is 29.7 Å². The first kappa shape index (κ1) is 16.0. The first-order chi connectivity index (χ1) is 10.2. The van der Waals surface area contributed by atoms with Crippen LogP contribution in [0, 0.1) is 5.82 Å². The predicted octanol–water partition coefficient (Wildman–Crippen LogP) is 2.75.